The summed E-state index contributed by atoms with van der Waals surface area (Å²) < 4.78 is 0. The van der Waals surface area contributed by atoms with E-state index in [0.29, 0.717) is 22.7 Å². The molecule has 7 heteroatoms. The third kappa shape index (κ3) is 7.34. The third-order valence-corrected chi connectivity index (χ3v) is 5.55. The molecule has 3 N–H and O–H groups in total. The van der Waals surface area contributed by atoms with Crippen LogP contribution < -0.4 is 16.0 Å². The summed E-state index contributed by atoms with van der Waals surface area (Å²) in [5.74, 6) is 0.313. The van der Waals surface area contributed by atoms with Crippen molar-refractivity contribution >= 4 is 29.1 Å². The fourth-order valence-corrected chi connectivity index (χ4v) is 3.66. The van der Waals surface area contributed by atoms with Crippen LogP contribution in [0.1, 0.15) is 61.3 Å². The molecule has 0 bridgehead atoms. The van der Waals surface area contributed by atoms with Crippen LogP contribution in [-0.2, 0) is 4.79 Å². The van der Waals surface area contributed by atoms with Gasteiger partial charge in [-0.15, -0.1) is 0 Å². The lowest BCUT2D eigenvalue weighted by atomic mass is 9.98. The number of amides is 3. The molecule has 3 amide bonds. The number of piperidine rings is 1. The second-order valence-corrected chi connectivity index (χ2v) is 9.74. The highest BCUT2D eigenvalue weighted by Gasteiger charge is 2.21. The molecule has 1 heterocycles. The van der Waals surface area contributed by atoms with Crippen LogP contribution >= 0.6 is 0 Å². The van der Waals surface area contributed by atoms with Gasteiger partial charge in [-0.3, -0.25) is 14.4 Å². The molecule has 1 aliphatic rings. The Morgan fingerprint density at radius 1 is 0.939 bits per heavy atom. The second-order valence-electron chi connectivity index (χ2n) is 9.74. The maximum atomic E-state index is 12.7. The van der Waals surface area contributed by atoms with Crippen LogP contribution in [0.2, 0.25) is 0 Å². The van der Waals surface area contributed by atoms with Crippen molar-refractivity contribution in [3.63, 3.8) is 0 Å². The van der Waals surface area contributed by atoms with E-state index in [2.05, 4.69) is 22.9 Å². The highest BCUT2D eigenvalue weighted by molar-refractivity contribution is 5.98. The number of carbonyl (C=O) groups is 3. The van der Waals surface area contributed by atoms with Gasteiger partial charge in [0.25, 0.3) is 11.8 Å². The van der Waals surface area contributed by atoms with Crippen molar-refractivity contribution in [1.82, 2.24) is 10.2 Å². The minimum Gasteiger partial charge on any atom is -0.376 e. The molecule has 0 spiro atoms. The van der Waals surface area contributed by atoms with Crippen LogP contribution in [0.25, 0.3) is 0 Å². The monoisotopic (exact) mass is 450 g/mol. The first kappa shape index (κ1) is 24.3. The Kier molecular flexibility index (Phi) is 7.74. The molecule has 1 saturated heterocycles. The Hall–Kier alpha value is -3.35. The Bertz CT molecular complexity index is 987. The zero-order valence-electron chi connectivity index (χ0n) is 19.9. The van der Waals surface area contributed by atoms with Gasteiger partial charge in [0, 0.05) is 41.1 Å². The number of benzene rings is 2. The molecular formula is C26H34N4O3. The minimum atomic E-state index is -0.341. The molecule has 2 aromatic carbocycles. The van der Waals surface area contributed by atoms with E-state index in [1.165, 1.54) is 0 Å². The SMILES string of the molecule is CC1CCN(C(=O)c2ccc(NCC(=O)Nc3cccc(C(=O)NC(C)(C)C)c3)cc2)CC1. The molecule has 176 valence electrons. The summed E-state index contributed by atoms with van der Waals surface area (Å²) in [6.45, 7) is 9.64. The second kappa shape index (κ2) is 10.5. The predicted octanol–water partition coefficient (Wildman–Crippen LogP) is 4.14. The number of rotatable bonds is 6. The molecule has 0 aromatic heterocycles. The summed E-state index contributed by atoms with van der Waals surface area (Å²) in [5, 5.41) is 8.78. The number of carbonyl (C=O) groups excluding carboxylic acids is 3. The van der Waals surface area contributed by atoms with Gasteiger partial charge in [-0.05, 0) is 82.0 Å². The van der Waals surface area contributed by atoms with E-state index >= 15 is 0 Å². The van der Waals surface area contributed by atoms with E-state index in [1.54, 1.807) is 36.4 Å². The van der Waals surface area contributed by atoms with E-state index in [1.807, 2.05) is 37.8 Å². The number of hydrogen-bond donors (Lipinski definition) is 3. The van der Waals surface area contributed by atoms with E-state index < -0.39 is 0 Å². The van der Waals surface area contributed by atoms with Crippen molar-refractivity contribution in [2.24, 2.45) is 5.92 Å². The first-order valence-corrected chi connectivity index (χ1v) is 11.5. The molecule has 3 rings (SSSR count). The summed E-state index contributed by atoms with van der Waals surface area (Å²) in [6, 6.07) is 14.0. The number of hydrogen-bond acceptors (Lipinski definition) is 4. The molecule has 1 aliphatic heterocycles. The fraction of sp³-hybridized carbons (Fsp3) is 0.423. The summed E-state index contributed by atoms with van der Waals surface area (Å²) >= 11 is 0. The van der Waals surface area contributed by atoms with Gasteiger partial charge in [0.15, 0.2) is 0 Å². The van der Waals surface area contributed by atoms with Crippen molar-refractivity contribution < 1.29 is 14.4 Å². The van der Waals surface area contributed by atoms with Crippen molar-refractivity contribution in [3.05, 3.63) is 59.7 Å². The molecule has 7 nitrogen and oxygen atoms in total. The van der Waals surface area contributed by atoms with Gasteiger partial charge in [-0.1, -0.05) is 13.0 Å². The van der Waals surface area contributed by atoms with E-state index in [-0.39, 0.29) is 29.8 Å². The summed E-state index contributed by atoms with van der Waals surface area (Å²) in [7, 11) is 0. The predicted molar refractivity (Wildman–Crippen MR) is 132 cm³/mol. The topological polar surface area (TPSA) is 90.5 Å². The molecule has 0 aliphatic carbocycles. The number of nitrogens with zero attached hydrogens (tertiary/aromatic N) is 1. The van der Waals surface area contributed by atoms with Gasteiger partial charge in [0.2, 0.25) is 5.91 Å². The standard InChI is InChI=1S/C26H34N4O3/c1-18-12-14-30(15-13-18)25(33)19-8-10-21(11-9-19)27-17-23(31)28-22-7-5-6-20(16-22)24(32)29-26(2,3)4/h5-11,16,18,27H,12-15,17H2,1-4H3,(H,28,31)(H,29,32). The van der Waals surface area contributed by atoms with Gasteiger partial charge in [-0.25, -0.2) is 0 Å². The molecule has 33 heavy (non-hydrogen) atoms. The van der Waals surface area contributed by atoms with Crippen LogP contribution in [0.4, 0.5) is 11.4 Å². The highest BCUT2D eigenvalue weighted by Crippen LogP contribution is 2.19. The summed E-state index contributed by atoms with van der Waals surface area (Å²) in [4.78, 5) is 39.3. The lowest BCUT2D eigenvalue weighted by Gasteiger charge is -2.30. The number of likely N-dealkylation sites (tertiary alicyclic amines) is 1. The Labute approximate surface area is 195 Å². The van der Waals surface area contributed by atoms with Crippen LogP contribution in [0, 0.1) is 5.92 Å². The van der Waals surface area contributed by atoms with Gasteiger partial charge < -0.3 is 20.9 Å². The maximum Gasteiger partial charge on any atom is 0.253 e. The Morgan fingerprint density at radius 2 is 1.61 bits per heavy atom. The molecule has 1 fully saturated rings. The van der Waals surface area contributed by atoms with Gasteiger partial charge in [-0.2, -0.15) is 0 Å². The highest BCUT2D eigenvalue weighted by atomic mass is 16.2. The summed E-state index contributed by atoms with van der Waals surface area (Å²) in [5.41, 5.74) is 2.11. The molecule has 2 aromatic rings. The van der Waals surface area contributed by atoms with E-state index in [4.69, 9.17) is 0 Å². The van der Waals surface area contributed by atoms with Crippen LogP contribution in [0.15, 0.2) is 48.5 Å². The molecule has 0 radical (unpaired) electrons. The average Bonchev–Trinajstić information content (AvgIpc) is 2.77. The molecule has 0 saturated carbocycles. The minimum absolute atomic E-state index is 0.0570. The number of anilines is 2. The van der Waals surface area contributed by atoms with Crippen molar-refractivity contribution in [2.75, 3.05) is 30.3 Å². The Morgan fingerprint density at radius 3 is 2.24 bits per heavy atom. The van der Waals surface area contributed by atoms with E-state index in [0.717, 1.165) is 31.6 Å². The number of nitrogens with one attached hydrogen (secondary N) is 3. The van der Waals surface area contributed by atoms with Crippen molar-refractivity contribution in [2.45, 2.75) is 46.1 Å². The lowest BCUT2D eigenvalue weighted by molar-refractivity contribution is -0.114. The van der Waals surface area contributed by atoms with Gasteiger partial charge in [0.1, 0.15) is 0 Å². The molecular weight excluding hydrogens is 416 g/mol. The van der Waals surface area contributed by atoms with Crippen LogP contribution in [-0.4, -0.2) is 47.8 Å². The zero-order valence-corrected chi connectivity index (χ0v) is 19.9. The van der Waals surface area contributed by atoms with Crippen LogP contribution in [0.5, 0.6) is 0 Å². The quantitative estimate of drug-likeness (QED) is 0.617. The van der Waals surface area contributed by atoms with Crippen molar-refractivity contribution in [1.29, 1.82) is 0 Å². The first-order chi connectivity index (χ1) is 15.6. The average molecular weight is 451 g/mol. The molecule has 0 atom stereocenters. The van der Waals surface area contributed by atoms with Gasteiger partial charge >= 0.3 is 0 Å². The van der Waals surface area contributed by atoms with Crippen molar-refractivity contribution in [3.8, 4) is 0 Å². The lowest BCUT2D eigenvalue weighted by Crippen LogP contribution is -2.40. The fourth-order valence-electron chi connectivity index (χ4n) is 3.66. The summed E-state index contributed by atoms with van der Waals surface area (Å²) in [6.07, 6.45) is 2.09. The normalized spacial score (nSPS) is 14.5. The largest absolute Gasteiger partial charge is 0.376 e. The maximum absolute atomic E-state index is 12.7. The third-order valence-electron chi connectivity index (χ3n) is 5.55. The Balaban J connectivity index is 1.50. The molecule has 0 unspecified atom stereocenters. The van der Waals surface area contributed by atoms with Crippen LogP contribution in [0.3, 0.4) is 0 Å². The van der Waals surface area contributed by atoms with E-state index in [9.17, 15) is 14.4 Å². The first-order valence-electron chi connectivity index (χ1n) is 11.5. The zero-order chi connectivity index (χ0) is 24.0. The smallest absolute Gasteiger partial charge is 0.253 e. The van der Waals surface area contributed by atoms with Gasteiger partial charge in [0.05, 0.1) is 6.54 Å².